The zero-order chi connectivity index (χ0) is 11.9. The fourth-order valence-electron chi connectivity index (χ4n) is 2.78. The molecule has 1 fully saturated rings. The average Bonchev–Trinajstić information content (AvgIpc) is 2.67. The van der Waals surface area contributed by atoms with E-state index in [2.05, 4.69) is 5.10 Å². The van der Waals surface area contributed by atoms with E-state index in [0.717, 1.165) is 30.3 Å². The van der Waals surface area contributed by atoms with Gasteiger partial charge >= 0.3 is 5.97 Å². The first-order chi connectivity index (χ1) is 8.21. The fraction of sp³-hybridized carbons (Fsp3) is 0.385. The van der Waals surface area contributed by atoms with Crippen LogP contribution < -0.4 is 0 Å². The van der Waals surface area contributed by atoms with E-state index in [4.69, 9.17) is 5.11 Å². The van der Waals surface area contributed by atoms with Crippen LogP contribution in [0.25, 0.3) is 5.52 Å². The van der Waals surface area contributed by atoms with E-state index >= 15 is 0 Å². The summed E-state index contributed by atoms with van der Waals surface area (Å²) in [6.07, 6.45) is 6.95. The van der Waals surface area contributed by atoms with Crippen LogP contribution in [0.1, 0.15) is 31.2 Å². The largest absolute Gasteiger partial charge is 0.481 e. The Morgan fingerprint density at radius 1 is 1.47 bits per heavy atom. The molecule has 4 heteroatoms. The Balaban J connectivity index is 2.10. The van der Waals surface area contributed by atoms with Crippen molar-refractivity contribution in [2.75, 3.05) is 0 Å². The van der Waals surface area contributed by atoms with Crippen molar-refractivity contribution in [3.05, 3.63) is 36.2 Å². The highest BCUT2D eigenvalue weighted by Crippen LogP contribution is 2.47. The molecule has 4 nitrogen and oxygen atoms in total. The standard InChI is InChI=1S/C13H14N2O2/c16-12(17)8-13(5-3-6-13)10-9-14-15-7-2-1-4-11(10)15/h1-2,4,7,9H,3,5-6,8H2,(H,16,17). The van der Waals surface area contributed by atoms with Crippen molar-refractivity contribution in [1.82, 2.24) is 9.61 Å². The van der Waals surface area contributed by atoms with Crippen LogP contribution >= 0.6 is 0 Å². The first-order valence-electron chi connectivity index (χ1n) is 5.86. The summed E-state index contributed by atoms with van der Waals surface area (Å²) in [4.78, 5) is 11.0. The van der Waals surface area contributed by atoms with Crippen LogP contribution in [0.5, 0.6) is 0 Å². The number of aromatic nitrogens is 2. The third-order valence-electron chi connectivity index (χ3n) is 3.80. The third-order valence-corrected chi connectivity index (χ3v) is 3.80. The molecular formula is C13H14N2O2. The summed E-state index contributed by atoms with van der Waals surface area (Å²) < 4.78 is 1.82. The van der Waals surface area contributed by atoms with Crippen LogP contribution in [-0.4, -0.2) is 20.7 Å². The molecule has 0 amide bonds. The summed E-state index contributed by atoms with van der Waals surface area (Å²) in [5.41, 5.74) is 1.94. The minimum Gasteiger partial charge on any atom is -0.481 e. The minimum atomic E-state index is -0.722. The van der Waals surface area contributed by atoms with Crippen molar-refractivity contribution >= 4 is 11.5 Å². The molecule has 2 heterocycles. The van der Waals surface area contributed by atoms with Gasteiger partial charge in [0.2, 0.25) is 0 Å². The Morgan fingerprint density at radius 3 is 2.94 bits per heavy atom. The number of hydrogen-bond donors (Lipinski definition) is 1. The Hall–Kier alpha value is -1.84. The van der Waals surface area contributed by atoms with Gasteiger partial charge in [0.05, 0.1) is 18.1 Å². The molecule has 0 radical (unpaired) electrons. The summed E-state index contributed by atoms with van der Waals surface area (Å²) in [6, 6.07) is 5.90. The van der Waals surface area contributed by atoms with Gasteiger partial charge < -0.3 is 5.11 Å². The maximum atomic E-state index is 11.0. The highest BCUT2D eigenvalue weighted by molar-refractivity contribution is 5.71. The van der Waals surface area contributed by atoms with Gasteiger partial charge in [-0.25, -0.2) is 4.52 Å². The van der Waals surface area contributed by atoms with Crippen LogP contribution in [0, 0.1) is 0 Å². The highest BCUT2D eigenvalue weighted by Gasteiger charge is 2.42. The number of carboxylic acid groups (broad SMARTS) is 1. The third kappa shape index (κ3) is 1.52. The van der Waals surface area contributed by atoms with E-state index in [0.29, 0.717) is 0 Å². The molecule has 1 aliphatic rings. The van der Waals surface area contributed by atoms with E-state index < -0.39 is 5.97 Å². The molecule has 0 spiro atoms. The molecule has 88 valence electrons. The van der Waals surface area contributed by atoms with Gasteiger partial charge in [-0.15, -0.1) is 0 Å². The quantitative estimate of drug-likeness (QED) is 0.879. The molecule has 0 saturated heterocycles. The molecule has 2 aromatic heterocycles. The summed E-state index contributed by atoms with van der Waals surface area (Å²) in [5, 5.41) is 13.4. The molecule has 1 N–H and O–H groups in total. The van der Waals surface area contributed by atoms with Gasteiger partial charge in [-0.3, -0.25) is 4.79 Å². The first kappa shape index (κ1) is 10.3. The number of aliphatic carboxylic acids is 1. The van der Waals surface area contributed by atoms with Crippen molar-refractivity contribution in [3.63, 3.8) is 0 Å². The SMILES string of the molecule is O=C(O)CC1(c2cnn3ccccc23)CCC1. The van der Waals surface area contributed by atoms with Crippen molar-refractivity contribution in [2.24, 2.45) is 0 Å². The number of carboxylic acids is 1. The van der Waals surface area contributed by atoms with Crippen LogP contribution in [0.2, 0.25) is 0 Å². The molecule has 0 aliphatic heterocycles. The number of rotatable bonds is 3. The lowest BCUT2D eigenvalue weighted by Gasteiger charge is -2.40. The van der Waals surface area contributed by atoms with Crippen LogP contribution in [0.3, 0.4) is 0 Å². The molecule has 1 saturated carbocycles. The Labute approximate surface area is 98.9 Å². The van der Waals surface area contributed by atoms with Crippen molar-refractivity contribution in [3.8, 4) is 0 Å². The molecule has 0 unspecified atom stereocenters. The molecule has 1 aliphatic carbocycles. The smallest absolute Gasteiger partial charge is 0.304 e. The number of hydrogen-bond acceptors (Lipinski definition) is 2. The first-order valence-corrected chi connectivity index (χ1v) is 5.86. The van der Waals surface area contributed by atoms with Crippen molar-refractivity contribution in [2.45, 2.75) is 31.1 Å². The number of fused-ring (bicyclic) bond motifs is 1. The number of carbonyl (C=O) groups is 1. The van der Waals surface area contributed by atoms with E-state index in [-0.39, 0.29) is 11.8 Å². The van der Waals surface area contributed by atoms with Gasteiger partial charge in [-0.2, -0.15) is 5.10 Å². The molecule has 17 heavy (non-hydrogen) atoms. The lowest BCUT2D eigenvalue weighted by atomic mass is 9.63. The highest BCUT2D eigenvalue weighted by atomic mass is 16.4. The summed E-state index contributed by atoms with van der Waals surface area (Å²) in [5.74, 6) is -0.722. The second-order valence-electron chi connectivity index (χ2n) is 4.79. The van der Waals surface area contributed by atoms with Gasteiger partial charge in [0.1, 0.15) is 0 Å². The second-order valence-corrected chi connectivity index (χ2v) is 4.79. The predicted octanol–water partition coefficient (Wildman–Crippen LogP) is 2.23. The van der Waals surface area contributed by atoms with Crippen LogP contribution in [-0.2, 0) is 10.2 Å². The maximum Gasteiger partial charge on any atom is 0.304 e. The van der Waals surface area contributed by atoms with Gasteiger partial charge in [0, 0.05) is 17.2 Å². The maximum absolute atomic E-state index is 11.0. The second kappa shape index (κ2) is 3.58. The monoisotopic (exact) mass is 230 g/mol. The molecule has 0 aromatic carbocycles. The molecule has 2 aromatic rings. The summed E-state index contributed by atoms with van der Waals surface area (Å²) >= 11 is 0. The van der Waals surface area contributed by atoms with Gasteiger partial charge in [-0.1, -0.05) is 12.5 Å². The number of pyridine rings is 1. The molecule has 0 atom stereocenters. The van der Waals surface area contributed by atoms with E-state index in [1.807, 2.05) is 35.1 Å². The lowest BCUT2D eigenvalue weighted by molar-refractivity contribution is -0.139. The molecular weight excluding hydrogens is 216 g/mol. The molecule has 3 rings (SSSR count). The van der Waals surface area contributed by atoms with Gasteiger partial charge in [0.25, 0.3) is 0 Å². The Morgan fingerprint density at radius 2 is 2.29 bits per heavy atom. The zero-order valence-electron chi connectivity index (χ0n) is 9.47. The van der Waals surface area contributed by atoms with E-state index in [1.165, 1.54) is 0 Å². The normalized spacial score (nSPS) is 17.9. The minimum absolute atomic E-state index is 0.186. The lowest BCUT2D eigenvalue weighted by Crippen LogP contribution is -2.36. The van der Waals surface area contributed by atoms with E-state index in [1.54, 1.807) is 0 Å². The van der Waals surface area contributed by atoms with Gasteiger partial charge in [0.15, 0.2) is 0 Å². The van der Waals surface area contributed by atoms with Crippen LogP contribution in [0.4, 0.5) is 0 Å². The fourth-order valence-corrected chi connectivity index (χ4v) is 2.78. The van der Waals surface area contributed by atoms with E-state index in [9.17, 15) is 4.79 Å². The Bertz CT molecular complexity index is 570. The number of nitrogens with zero attached hydrogens (tertiary/aromatic N) is 2. The topological polar surface area (TPSA) is 54.6 Å². The Kier molecular flexibility index (Phi) is 2.18. The average molecular weight is 230 g/mol. The molecule has 0 bridgehead atoms. The van der Waals surface area contributed by atoms with Crippen molar-refractivity contribution < 1.29 is 9.90 Å². The van der Waals surface area contributed by atoms with Crippen LogP contribution in [0.15, 0.2) is 30.6 Å². The summed E-state index contributed by atoms with van der Waals surface area (Å²) in [7, 11) is 0. The zero-order valence-corrected chi connectivity index (χ0v) is 9.47. The van der Waals surface area contributed by atoms with Crippen molar-refractivity contribution in [1.29, 1.82) is 0 Å². The summed E-state index contributed by atoms with van der Waals surface area (Å²) in [6.45, 7) is 0. The van der Waals surface area contributed by atoms with Gasteiger partial charge in [-0.05, 0) is 25.0 Å². The predicted molar refractivity (Wildman–Crippen MR) is 63.0 cm³/mol.